The van der Waals surface area contributed by atoms with Gasteiger partial charge in [0, 0.05) is 5.41 Å². The molecule has 1 heterocycles. The molecule has 0 aromatic carbocycles. The average molecular weight is 130 g/mol. The summed E-state index contributed by atoms with van der Waals surface area (Å²) in [5.41, 5.74) is -0.130. The Balaban J connectivity index is 2.54. The molecule has 1 unspecified atom stereocenters. The molecule has 3 nitrogen and oxygen atoms in total. The van der Waals surface area contributed by atoms with Gasteiger partial charge >= 0.3 is 5.97 Å². The Kier molecular flexibility index (Phi) is 1.24. The van der Waals surface area contributed by atoms with Crippen LogP contribution in [0.3, 0.4) is 0 Å². The van der Waals surface area contributed by atoms with Crippen molar-refractivity contribution < 1.29 is 14.6 Å². The first-order valence-electron chi connectivity index (χ1n) is 2.89. The molecule has 0 N–H and O–H groups in total. The number of carbonyl (C=O) groups is 1. The molecule has 1 atom stereocenters. The van der Waals surface area contributed by atoms with Crippen molar-refractivity contribution in [2.45, 2.75) is 26.9 Å². The van der Waals surface area contributed by atoms with Crippen LogP contribution in [0.25, 0.3) is 0 Å². The minimum atomic E-state index is -0.363. The minimum absolute atomic E-state index is 0.130. The highest BCUT2D eigenvalue weighted by Gasteiger charge is 2.43. The van der Waals surface area contributed by atoms with Crippen LogP contribution >= 0.6 is 0 Å². The molecule has 1 rings (SSSR count). The first kappa shape index (κ1) is 6.55. The molecule has 9 heavy (non-hydrogen) atoms. The monoisotopic (exact) mass is 130 g/mol. The molecule has 3 heteroatoms. The van der Waals surface area contributed by atoms with E-state index in [-0.39, 0.29) is 17.5 Å². The highest BCUT2D eigenvalue weighted by molar-refractivity contribution is 5.77. The SMILES string of the molecule is CC(C)(C)C1OOC1=O. The van der Waals surface area contributed by atoms with Gasteiger partial charge in [-0.15, -0.1) is 0 Å². The Morgan fingerprint density at radius 1 is 1.44 bits per heavy atom. The van der Waals surface area contributed by atoms with E-state index in [0.29, 0.717) is 0 Å². The molecule has 1 aliphatic rings. The summed E-state index contributed by atoms with van der Waals surface area (Å²) in [6.07, 6.45) is -0.363. The zero-order valence-electron chi connectivity index (χ0n) is 5.80. The highest BCUT2D eigenvalue weighted by Crippen LogP contribution is 2.28. The van der Waals surface area contributed by atoms with Crippen LogP contribution in [0.4, 0.5) is 0 Å². The van der Waals surface area contributed by atoms with E-state index in [1.807, 2.05) is 20.8 Å². The quantitative estimate of drug-likeness (QED) is 0.457. The molecule has 0 bridgehead atoms. The van der Waals surface area contributed by atoms with Crippen molar-refractivity contribution in [1.82, 2.24) is 0 Å². The largest absolute Gasteiger partial charge is 0.375 e. The lowest BCUT2D eigenvalue weighted by atomic mass is 9.89. The Morgan fingerprint density at radius 2 is 2.00 bits per heavy atom. The smallest absolute Gasteiger partial charge is 0.294 e. The van der Waals surface area contributed by atoms with Crippen LogP contribution < -0.4 is 0 Å². The predicted molar refractivity (Wildman–Crippen MR) is 30.4 cm³/mol. The fraction of sp³-hybridized carbons (Fsp3) is 0.833. The highest BCUT2D eigenvalue weighted by atomic mass is 17.3. The maximum Gasteiger partial charge on any atom is 0.375 e. The summed E-state index contributed by atoms with van der Waals surface area (Å²) in [5, 5.41) is 0. The summed E-state index contributed by atoms with van der Waals surface area (Å²) < 4.78 is 0. The third-order valence-corrected chi connectivity index (χ3v) is 1.23. The van der Waals surface area contributed by atoms with E-state index >= 15 is 0 Å². The average Bonchev–Trinajstić information content (AvgIpc) is 1.57. The summed E-state index contributed by atoms with van der Waals surface area (Å²) in [4.78, 5) is 19.2. The molecule has 52 valence electrons. The van der Waals surface area contributed by atoms with Crippen LogP contribution in [0.5, 0.6) is 0 Å². The standard InChI is InChI=1S/C6H10O3/c1-6(2,3)4-5(7)9-8-4/h4H,1-3H3. The van der Waals surface area contributed by atoms with E-state index in [9.17, 15) is 4.79 Å². The van der Waals surface area contributed by atoms with Crippen molar-refractivity contribution in [2.24, 2.45) is 5.41 Å². The van der Waals surface area contributed by atoms with Gasteiger partial charge in [-0.25, -0.2) is 4.79 Å². The summed E-state index contributed by atoms with van der Waals surface area (Å²) in [6, 6.07) is 0. The van der Waals surface area contributed by atoms with Crippen molar-refractivity contribution in [3.8, 4) is 0 Å². The molecule has 0 aromatic rings. The van der Waals surface area contributed by atoms with E-state index < -0.39 is 0 Å². The number of hydrogen-bond donors (Lipinski definition) is 0. The molecule has 0 aliphatic carbocycles. The van der Waals surface area contributed by atoms with Gasteiger partial charge in [0.2, 0.25) is 6.10 Å². The second-order valence-electron chi connectivity index (χ2n) is 3.24. The number of hydrogen-bond acceptors (Lipinski definition) is 3. The van der Waals surface area contributed by atoms with Crippen molar-refractivity contribution in [3.63, 3.8) is 0 Å². The van der Waals surface area contributed by atoms with Crippen LogP contribution in [-0.4, -0.2) is 12.1 Å². The third kappa shape index (κ3) is 1.05. The van der Waals surface area contributed by atoms with E-state index in [1.54, 1.807) is 0 Å². The van der Waals surface area contributed by atoms with Gasteiger partial charge in [0.05, 0.1) is 0 Å². The lowest BCUT2D eigenvalue weighted by molar-refractivity contribution is -0.378. The zero-order valence-corrected chi connectivity index (χ0v) is 5.80. The van der Waals surface area contributed by atoms with Gasteiger partial charge in [-0.1, -0.05) is 20.8 Å². The second kappa shape index (κ2) is 1.70. The van der Waals surface area contributed by atoms with Gasteiger partial charge in [-0.2, -0.15) is 4.89 Å². The third-order valence-electron chi connectivity index (χ3n) is 1.23. The summed E-state index contributed by atoms with van der Waals surface area (Å²) in [5.74, 6) is -0.262. The fourth-order valence-corrected chi connectivity index (χ4v) is 0.633. The Labute approximate surface area is 53.9 Å². The van der Waals surface area contributed by atoms with Gasteiger partial charge < -0.3 is 0 Å². The van der Waals surface area contributed by atoms with Gasteiger partial charge in [0.15, 0.2) is 0 Å². The number of carbonyl (C=O) groups excluding carboxylic acids is 1. The van der Waals surface area contributed by atoms with Crippen LogP contribution in [0.1, 0.15) is 20.8 Å². The molecule has 0 amide bonds. The van der Waals surface area contributed by atoms with Crippen LogP contribution in [0.15, 0.2) is 0 Å². The summed E-state index contributed by atoms with van der Waals surface area (Å²) >= 11 is 0. The number of rotatable bonds is 0. The van der Waals surface area contributed by atoms with E-state index in [0.717, 1.165) is 0 Å². The van der Waals surface area contributed by atoms with E-state index in [2.05, 4.69) is 9.78 Å². The van der Waals surface area contributed by atoms with Crippen molar-refractivity contribution >= 4 is 5.97 Å². The zero-order chi connectivity index (χ0) is 7.07. The molecule has 0 spiro atoms. The van der Waals surface area contributed by atoms with Gasteiger partial charge in [0.1, 0.15) is 0 Å². The molecular weight excluding hydrogens is 120 g/mol. The first-order chi connectivity index (χ1) is 4.02. The fourth-order valence-electron chi connectivity index (χ4n) is 0.633. The van der Waals surface area contributed by atoms with Crippen molar-refractivity contribution in [1.29, 1.82) is 0 Å². The van der Waals surface area contributed by atoms with Crippen molar-refractivity contribution in [2.75, 3.05) is 0 Å². The van der Waals surface area contributed by atoms with Crippen molar-refractivity contribution in [3.05, 3.63) is 0 Å². The Bertz CT molecular complexity index is 134. The molecule has 1 fully saturated rings. The van der Waals surface area contributed by atoms with Crippen LogP contribution in [0, 0.1) is 5.41 Å². The molecule has 0 radical (unpaired) electrons. The maximum atomic E-state index is 10.5. The van der Waals surface area contributed by atoms with Crippen LogP contribution in [-0.2, 0) is 14.6 Å². The topological polar surface area (TPSA) is 35.5 Å². The van der Waals surface area contributed by atoms with Crippen LogP contribution in [0.2, 0.25) is 0 Å². The Morgan fingerprint density at radius 3 is 2.00 bits per heavy atom. The second-order valence-corrected chi connectivity index (χ2v) is 3.24. The first-order valence-corrected chi connectivity index (χ1v) is 2.89. The predicted octanol–water partition coefficient (Wildman–Crippen LogP) is 0.889. The van der Waals surface area contributed by atoms with Gasteiger partial charge in [0.25, 0.3) is 0 Å². The minimum Gasteiger partial charge on any atom is -0.294 e. The molecular formula is C6H10O3. The normalized spacial score (nSPS) is 27.0. The van der Waals surface area contributed by atoms with E-state index in [4.69, 9.17) is 0 Å². The molecule has 0 aromatic heterocycles. The summed E-state index contributed by atoms with van der Waals surface area (Å²) in [6.45, 7) is 5.79. The molecule has 1 saturated heterocycles. The lowest BCUT2D eigenvalue weighted by Crippen LogP contribution is -2.47. The Hall–Kier alpha value is -0.570. The van der Waals surface area contributed by atoms with E-state index in [1.165, 1.54) is 0 Å². The lowest BCUT2D eigenvalue weighted by Gasteiger charge is -2.32. The molecule has 1 aliphatic heterocycles. The molecule has 0 saturated carbocycles. The summed E-state index contributed by atoms with van der Waals surface area (Å²) in [7, 11) is 0. The van der Waals surface area contributed by atoms with Gasteiger partial charge in [-0.05, 0) is 0 Å². The van der Waals surface area contributed by atoms with Gasteiger partial charge in [-0.3, -0.25) is 4.89 Å². The maximum absolute atomic E-state index is 10.5.